The van der Waals surface area contributed by atoms with E-state index in [1.807, 2.05) is 30.3 Å². The summed E-state index contributed by atoms with van der Waals surface area (Å²) < 4.78 is 34.0. The van der Waals surface area contributed by atoms with E-state index in [-0.39, 0.29) is 11.4 Å². The number of benzene rings is 2. The van der Waals surface area contributed by atoms with Gasteiger partial charge in [0, 0.05) is 6.54 Å². The van der Waals surface area contributed by atoms with Crippen LogP contribution in [0.4, 0.5) is 4.79 Å². The van der Waals surface area contributed by atoms with Gasteiger partial charge >= 0.3 is 6.09 Å². The van der Waals surface area contributed by atoms with Gasteiger partial charge in [0.15, 0.2) is 0 Å². The predicted molar refractivity (Wildman–Crippen MR) is 124 cm³/mol. The summed E-state index contributed by atoms with van der Waals surface area (Å²) in [6, 6.07) is 13.2. The van der Waals surface area contributed by atoms with Crippen LogP contribution in [0.1, 0.15) is 26.3 Å². The number of aliphatic hydroxyl groups excluding tert-OH is 1. The fraction of sp³-hybridized carbons (Fsp3) is 0.364. The highest BCUT2D eigenvalue weighted by Gasteiger charge is 2.26. The molecular formula is C22H27N3O5S2. The van der Waals surface area contributed by atoms with Gasteiger partial charge in [0.2, 0.25) is 10.0 Å². The Hall–Kier alpha value is -2.53. The number of nitrogens with one attached hydrogen (secondary N) is 2. The van der Waals surface area contributed by atoms with E-state index in [4.69, 9.17) is 4.74 Å². The highest BCUT2D eigenvalue weighted by Crippen LogP contribution is 2.21. The van der Waals surface area contributed by atoms with Crippen molar-refractivity contribution in [2.75, 3.05) is 6.54 Å². The summed E-state index contributed by atoms with van der Waals surface area (Å²) in [5, 5.41) is 13.4. The van der Waals surface area contributed by atoms with Gasteiger partial charge in [0.25, 0.3) is 0 Å². The van der Waals surface area contributed by atoms with E-state index >= 15 is 0 Å². The van der Waals surface area contributed by atoms with Crippen LogP contribution < -0.4 is 10.0 Å². The maximum Gasteiger partial charge on any atom is 0.407 e. The molecule has 0 radical (unpaired) electrons. The van der Waals surface area contributed by atoms with Gasteiger partial charge in [0.05, 0.1) is 32.8 Å². The number of nitrogens with zero attached hydrogens (tertiary/aromatic N) is 1. The van der Waals surface area contributed by atoms with Crippen LogP contribution >= 0.6 is 11.3 Å². The fourth-order valence-electron chi connectivity index (χ4n) is 3.03. The van der Waals surface area contributed by atoms with E-state index in [9.17, 15) is 18.3 Å². The number of hydrogen-bond donors (Lipinski definition) is 3. The molecule has 0 aliphatic heterocycles. The zero-order valence-corrected chi connectivity index (χ0v) is 19.7. The number of sulfonamides is 1. The van der Waals surface area contributed by atoms with E-state index in [0.29, 0.717) is 6.42 Å². The molecular weight excluding hydrogens is 450 g/mol. The second kappa shape index (κ2) is 9.95. The molecule has 10 heteroatoms. The molecule has 0 saturated heterocycles. The second-order valence-electron chi connectivity index (χ2n) is 8.34. The van der Waals surface area contributed by atoms with Crippen LogP contribution in [0.5, 0.6) is 0 Å². The Morgan fingerprint density at radius 3 is 2.59 bits per heavy atom. The van der Waals surface area contributed by atoms with Crippen molar-refractivity contribution in [3.63, 3.8) is 0 Å². The van der Waals surface area contributed by atoms with Crippen LogP contribution in [0.3, 0.4) is 0 Å². The molecule has 172 valence electrons. The number of hydrogen-bond acceptors (Lipinski definition) is 7. The van der Waals surface area contributed by atoms with Gasteiger partial charge in [-0.2, -0.15) is 0 Å². The van der Waals surface area contributed by atoms with Crippen molar-refractivity contribution >= 4 is 37.7 Å². The molecule has 3 rings (SSSR count). The first-order valence-corrected chi connectivity index (χ1v) is 12.4. The minimum atomic E-state index is -3.86. The molecule has 0 aliphatic carbocycles. The standard InChI is InChI=1S/C22H27N3O5S2/c1-22(2,3)30-21(27)25-18(11-15-7-5-4-6-8-15)19(26)13-24-32(28,29)16-9-10-17-20(12-16)31-14-23-17/h4-10,12,14,18-19,24,26H,11,13H2,1-3H3,(H,25,27)/t18-,19+/m0/s1. The number of carbonyl (C=O) groups is 1. The lowest BCUT2D eigenvalue weighted by Crippen LogP contribution is -2.50. The summed E-state index contributed by atoms with van der Waals surface area (Å²) in [5.74, 6) is 0. The van der Waals surface area contributed by atoms with Crippen molar-refractivity contribution in [3.8, 4) is 0 Å². The maximum atomic E-state index is 12.7. The Labute approximate surface area is 191 Å². The number of ether oxygens (including phenoxy) is 1. The molecule has 0 spiro atoms. The van der Waals surface area contributed by atoms with Gasteiger partial charge in [-0.25, -0.2) is 22.9 Å². The number of rotatable bonds is 8. The molecule has 2 aromatic carbocycles. The van der Waals surface area contributed by atoms with Crippen LogP contribution in [0.15, 0.2) is 58.9 Å². The molecule has 2 atom stereocenters. The predicted octanol–water partition coefficient (Wildman–Crippen LogP) is 3.07. The zero-order valence-electron chi connectivity index (χ0n) is 18.1. The van der Waals surface area contributed by atoms with Gasteiger partial charge < -0.3 is 15.2 Å². The maximum absolute atomic E-state index is 12.7. The van der Waals surface area contributed by atoms with Crippen LogP contribution in [0.2, 0.25) is 0 Å². The monoisotopic (exact) mass is 477 g/mol. The molecule has 1 aromatic heterocycles. The molecule has 3 N–H and O–H groups in total. The van der Waals surface area contributed by atoms with E-state index in [1.54, 1.807) is 38.4 Å². The van der Waals surface area contributed by atoms with Gasteiger partial charge in [-0.05, 0) is 51.0 Å². The second-order valence-corrected chi connectivity index (χ2v) is 11.0. The van der Waals surface area contributed by atoms with Gasteiger partial charge in [0.1, 0.15) is 5.60 Å². The molecule has 1 amide bonds. The van der Waals surface area contributed by atoms with Crippen molar-refractivity contribution in [3.05, 3.63) is 59.6 Å². The fourth-order valence-corrected chi connectivity index (χ4v) is 4.90. The summed E-state index contributed by atoms with van der Waals surface area (Å²) in [4.78, 5) is 16.5. The molecule has 0 fully saturated rings. The summed E-state index contributed by atoms with van der Waals surface area (Å²) in [6.45, 7) is 4.94. The zero-order chi connectivity index (χ0) is 23.4. The number of amides is 1. The lowest BCUT2D eigenvalue weighted by molar-refractivity contribution is 0.0427. The molecule has 3 aromatic rings. The molecule has 8 nitrogen and oxygen atoms in total. The van der Waals surface area contributed by atoms with Crippen LogP contribution in [0.25, 0.3) is 10.2 Å². The first-order valence-electron chi connectivity index (χ1n) is 10.1. The van der Waals surface area contributed by atoms with E-state index in [0.717, 1.165) is 15.8 Å². The molecule has 0 unspecified atom stereocenters. The van der Waals surface area contributed by atoms with E-state index in [2.05, 4.69) is 15.0 Å². The number of thiazole rings is 1. The lowest BCUT2D eigenvalue weighted by atomic mass is 10.0. The van der Waals surface area contributed by atoms with E-state index in [1.165, 1.54) is 17.4 Å². The number of aliphatic hydroxyl groups is 1. The van der Waals surface area contributed by atoms with Crippen molar-refractivity contribution in [2.24, 2.45) is 0 Å². The normalized spacial score (nSPS) is 14.1. The third-order valence-electron chi connectivity index (χ3n) is 4.56. The molecule has 32 heavy (non-hydrogen) atoms. The van der Waals surface area contributed by atoms with Crippen LogP contribution in [-0.2, 0) is 21.2 Å². The number of alkyl carbamates (subject to hydrolysis) is 1. The first-order chi connectivity index (χ1) is 15.0. The average molecular weight is 478 g/mol. The Morgan fingerprint density at radius 2 is 1.91 bits per heavy atom. The van der Waals surface area contributed by atoms with Gasteiger partial charge in [-0.1, -0.05) is 30.3 Å². The third-order valence-corrected chi connectivity index (χ3v) is 6.77. The highest BCUT2D eigenvalue weighted by atomic mass is 32.2. The topological polar surface area (TPSA) is 118 Å². The van der Waals surface area contributed by atoms with E-state index < -0.39 is 33.9 Å². The van der Waals surface area contributed by atoms with Gasteiger partial charge in [-0.15, -0.1) is 11.3 Å². The largest absolute Gasteiger partial charge is 0.444 e. The minimum Gasteiger partial charge on any atom is -0.444 e. The minimum absolute atomic E-state index is 0.0844. The molecule has 0 aliphatic rings. The first kappa shape index (κ1) is 24.1. The summed E-state index contributed by atoms with van der Waals surface area (Å²) in [6.07, 6.45) is -1.57. The summed E-state index contributed by atoms with van der Waals surface area (Å²) in [7, 11) is -3.86. The summed E-state index contributed by atoms with van der Waals surface area (Å²) >= 11 is 1.35. The number of carbonyl (C=O) groups excluding carboxylic acids is 1. The quantitative estimate of drug-likeness (QED) is 0.459. The van der Waals surface area contributed by atoms with Crippen molar-refractivity contribution in [2.45, 2.75) is 49.8 Å². The molecule has 0 bridgehead atoms. The Bertz CT molecular complexity index is 1160. The number of fused-ring (bicyclic) bond motifs is 1. The Balaban J connectivity index is 1.71. The lowest BCUT2D eigenvalue weighted by Gasteiger charge is -2.27. The SMILES string of the molecule is CC(C)(C)OC(=O)N[C@@H](Cc1ccccc1)[C@H](O)CNS(=O)(=O)c1ccc2ncsc2c1. The highest BCUT2D eigenvalue weighted by molar-refractivity contribution is 7.89. The van der Waals surface area contributed by atoms with Crippen molar-refractivity contribution in [1.82, 2.24) is 15.0 Å². The number of aromatic nitrogens is 1. The van der Waals surface area contributed by atoms with Crippen molar-refractivity contribution in [1.29, 1.82) is 0 Å². The van der Waals surface area contributed by atoms with Crippen LogP contribution in [0, 0.1) is 0 Å². The Kier molecular flexibility index (Phi) is 7.50. The molecule has 1 heterocycles. The van der Waals surface area contributed by atoms with Crippen molar-refractivity contribution < 1.29 is 23.1 Å². The molecule has 0 saturated carbocycles. The summed E-state index contributed by atoms with van der Waals surface area (Å²) in [5.41, 5.74) is 2.54. The smallest absolute Gasteiger partial charge is 0.407 e. The van der Waals surface area contributed by atoms with Crippen LogP contribution in [-0.4, -0.2) is 48.9 Å². The Morgan fingerprint density at radius 1 is 1.19 bits per heavy atom. The third kappa shape index (κ3) is 6.73. The van der Waals surface area contributed by atoms with Gasteiger partial charge in [-0.3, -0.25) is 0 Å². The average Bonchev–Trinajstić information content (AvgIpc) is 3.19.